The average molecular weight is 343 g/mol. The maximum Gasteiger partial charge on any atom is 0.239 e. The lowest BCUT2D eigenvalue weighted by molar-refractivity contribution is -0.137. The van der Waals surface area contributed by atoms with Gasteiger partial charge >= 0.3 is 0 Å². The Bertz CT molecular complexity index is 585. The molecule has 2 heterocycles. The Balaban J connectivity index is 1.42. The number of rotatable bonds is 4. The Morgan fingerprint density at radius 2 is 1.84 bits per heavy atom. The van der Waals surface area contributed by atoms with E-state index in [0.717, 1.165) is 44.2 Å². The van der Waals surface area contributed by atoms with Crippen molar-refractivity contribution in [3.8, 4) is 0 Å². The van der Waals surface area contributed by atoms with Crippen molar-refractivity contribution in [1.82, 2.24) is 15.5 Å². The normalized spacial score (nSPS) is 21.8. The van der Waals surface area contributed by atoms with Gasteiger partial charge in [0.2, 0.25) is 11.8 Å². The summed E-state index contributed by atoms with van der Waals surface area (Å²) in [4.78, 5) is 26.9. The summed E-state index contributed by atoms with van der Waals surface area (Å²) >= 11 is 0. The minimum Gasteiger partial charge on any atom is -0.352 e. The quantitative estimate of drug-likeness (QED) is 0.879. The second-order valence-corrected chi connectivity index (χ2v) is 7.31. The Morgan fingerprint density at radius 1 is 1.12 bits per heavy atom. The molecule has 0 saturated carbocycles. The fourth-order valence-electron chi connectivity index (χ4n) is 3.68. The summed E-state index contributed by atoms with van der Waals surface area (Å²) in [5, 5.41) is 6.36. The van der Waals surface area contributed by atoms with Crippen LogP contribution in [0, 0.1) is 12.8 Å². The van der Waals surface area contributed by atoms with E-state index in [9.17, 15) is 9.59 Å². The number of carbonyl (C=O) groups is 2. The van der Waals surface area contributed by atoms with Gasteiger partial charge in [-0.1, -0.05) is 36.2 Å². The molecule has 2 N–H and O–H groups in total. The molecule has 0 spiro atoms. The first kappa shape index (κ1) is 17.9. The maximum absolute atomic E-state index is 12.5. The molecule has 2 amide bonds. The lowest BCUT2D eigenvalue weighted by Gasteiger charge is -2.35. The fourth-order valence-corrected chi connectivity index (χ4v) is 3.68. The van der Waals surface area contributed by atoms with Crippen LogP contribution in [0.25, 0.3) is 0 Å². The van der Waals surface area contributed by atoms with E-state index >= 15 is 0 Å². The topological polar surface area (TPSA) is 61.4 Å². The number of nitrogens with one attached hydrogen (secondary N) is 2. The van der Waals surface area contributed by atoms with Gasteiger partial charge in [0.15, 0.2) is 0 Å². The molecule has 1 aromatic rings. The van der Waals surface area contributed by atoms with Crippen molar-refractivity contribution in [3.05, 3.63) is 35.4 Å². The molecule has 2 fully saturated rings. The summed E-state index contributed by atoms with van der Waals surface area (Å²) < 4.78 is 0. The van der Waals surface area contributed by atoms with E-state index in [-0.39, 0.29) is 23.8 Å². The molecule has 1 unspecified atom stereocenters. The van der Waals surface area contributed by atoms with Gasteiger partial charge in [0.05, 0.1) is 6.04 Å². The molecular formula is C20H29N3O2. The van der Waals surface area contributed by atoms with Crippen molar-refractivity contribution in [3.63, 3.8) is 0 Å². The third-order valence-electron chi connectivity index (χ3n) is 5.37. The molecule has 5 nitrogen and oxygen atoms in total. The molecule has 2 aliphatic heterocycles. The molecule has 1 atom stereocenters. The van der Waals surface area contributed by atoms with Gasteiger partial charge in [-0.05, 0) is 44.7 Å². The number of hydrogen-bond acceptors (Lipinski definition) is 3. The number of likely N-dealkylation sites (tertiary alicyclic amines) is 1. The molecule has 0 aromatic heterocycles. The zero-order chi connectivity index (χ0) is 17.6. The van der Waals surface area contributed by atoms with Gasteiger partial charge in [-0.2, -0.15) is 0 Å². The van der Waals surface area contributed by atoms with E-state index in [0.29, 0.717) is 19.6 Å². The monoisotopic (exact) mass is 343 g/mol. The highest BCUT2D eigenvalue weighted by atomic mass is 16.2. The van der Waals surface area contributed by atoms with Crippen molar-refractivity contribution in [2.45, 2.75) is 51.6 Å². The number of aryl methyl sites for hydroxylation is 1. The smallest absolute Gasteiger partial charge is 0.239 e. The molecule has 2 aliphatic rings. The maximum atomic E-state index is 12.5. The van der Waals surface area contributed by atoms with Crippen molar-refractivity contribution < 1.29 is 9.59 Å². The Kier molecular flexibility index (Phi) is 6.08. The largest absolute Gasteiger partial charge is 0.352 e. The van der Waals surface area contributed by atoms with E-state index in [1.807, 2.05) is 17.0 Å². The second-order valence-electron chi connectivity index (χ2n) is 7.31. The molecule has 0 aliphatic carbocycles. The SMILES string of the molecule is Cc1ccc(CNC(=O)C2CCN(C(=O)C3CCCCN3)CC2)cc1. The van der Waals surface area contributed by atoms with Gasteiger partial charge in [-0.3, -0.25) is 9.59 Å². The summed E-state index contributed by atoms with van der Waals surface area (Å²) in [5.74, 6) is 0.357. The predicted molar refractivity (Wildman–Crippen MR) is 98.0 cm³/mol. The number of piperidine rings is 2. The predicted octanol–water partition coefficient (Wildman–Crippen LogP) is 1.99. The summed E-state index contributed by atoms with van der Waals surface area (Å²) in [6.45, 7) is 4.96. The number of amides is 2. The number of hydrogen-bond donors (Lipinski definition) is 2. The van der Waals surface area contributed by atoms with Crippen LogP contribution in [0.5, 0.6) is 0 Å². The highest BCUT2D eigenvalue weighted by molar-refractivity contribution is 5.83. The van der Waals surface area contributed by atoms with Crippen LogP contribution >= 0.6 is 0 Å². The zero-order valence-corrected chi connectivity index (χ0v) is 15.1. The van der Waals surface area contributed by atoms with Gasteiger partial charge in [0.25, 0.3) is 0 Å². The lowest BCUT2D eigenvalue weighted by atomic mass is 9.94. The number of nitrogens with zero attached hydrogens (tertiary/aromatic N) is 1. The first-order valence-corrected chi connectivity index (χ1v) is 9.49. The summed E-state index contributed by atoms with van der Waals surface area (Å²) in [6, 6.07) is 8.21. The average Bonchev–Trinajstić information content (AvgIpc) is 2.67. The molecular weight excluding hydrogens is 314 g/mol. The van der Waals surface area contributed by atoms with E-state index in [1.165, 1.54) is 5.56 Å². The minimum atomic E-state index is -0.0133. The van der Waals surface area contributed by atoms with Gasteiger partial charge < -0.3 is 15.5 Å². The Labute approximate surface area is 150 Å². The summed E-state index contributed by atoms with van der Waals surface area (Å²) in [6.07, 6.45) is 4.75. The molecule has 136 valence electrons. The first-order chi connectivity index (χ1) is 12.1. The van der Waals surface area contributed by atoms with Gasteiger partial charge in [0, 0.05) is 25.6 Å². The molecule has 25 heavy (non-hydrogen) atoms. The number of carbonyl (C=O) groups excluding carboxylic acids is 2. The molecule has 0 bridgehead atoms. The Hall–Kier alpha value is -1.88. The third-order valence-corrected chi connectivity index (χ3v) is 5.37. The third kappa shape index (κ3) is 4.82. The molecule has 1 aromatic carbocycles. The Morgan fingerprint density at radius 3 is 2.48 bits per heavy atom. The highest BCUT2D eigenvalue weighted by Crippen LogP contribution is 2.20. The van der Waals surface area contributed by atoms with E-state index in [1.54, 1.807) is 0 Å². The van der Waals surface area contributed by atoms with E-state index < -0.39 is 0 Å². The van der Waals surface area contributed by atoms with Gasteiger partial charge in [0.1, 0.15) is 0 Å². The van der Waals surface area contributed by atoms with E-state index in [4.69, 9.17) is 0 Å². The highest BCUT2D eigenvalue weighted by Gasteiger charge is 2.31. The van der Waals surface area contributed by atoms with Crippen LogP contribution in [-0.4, -0.2) is 42.4 Å². The van der Waals surface area contributed by atoms with Crippen LogP contribution in [0.1, 0.15) is 43.2 Å². The number of benzene rings is 1. The lowest BCUT2D eigenvalue weighted by Crippen LogP contribution is -2.51. The molecule has 2 saturated heterocycles. The van der Waals surface area contributed by atoms with Crippen LogP contribution in [0.3, 0.4) is 0 Å². The molecule has 5 heteroatoms. The standard InChI is InChI=1S/C20H29N3O2/c1-15-5-7-16(8-6-15)14-22-19(24)17-9-12-23(13-10-17)20(25)18-4-2-3-11-21-18/h5-8,17-18,21H,2-4,9-14H2,1H3,(H,22,24). The van der Waals surface area contributed by atoms with Gasteiger partial charge in [-0.25, -0.2) is 0 Å². The van der Waals surface area contributed by atoms with Crippen LogP contribution < -0.4 is 10.6 Å². The fraction of sp³-hybridized carbons (Fsp3) is 0.600. The van der Waals surface area contributed by atoms with Crippen molar-refractivity contribution in [2.24, 2.45) is 5.92 Å². The van der Waals surface area contributed by atoms with Crippen molar-refractivity contribution in [2.75, 3.05) is 19.6 Å². The summed E-state index contributed by atoms with van der Waals surface area (Å²) in [5.41, 5.74) is 2.34. The van der Waals surface area contributed by atoms with Crippen LogP contribution in [0.15, 0.2) is 24.3 Å². The second kappa shape index (κ2) is 8.48. The molecule has 3 rings (SSSR count). The van der Waals surface area contributed by atoms with Crippen molar-refractivity contribution in [1.29, 1.82) is 0 Å². The van der Waals surface area contributed by atoms with Crippen LogP contribution in [0.4, 0.5) is 0 Å². The first-order valence-electron chi connectivity index (χ1n) is 9.49. The molecule has 0 radical (unpaired) electrons. The summed E-state index contributed by atoms with van der Waals surface area (Å²) in [7, 11) is 0. The zero-order valence-electron chi connectivity index (χ0n) is 15.1. The van der Waals surface area contributed by atoms with Gasteiger partial charge in [-0.15, -0.1) is 0 Å². The van der Waals surface area contributed by atoms with Crippen LogP contribution in [0.2, 0.25) is 0 Å². The van der Waals surface area contributed by atoms with E-state index in [2.05, 4.69) is 29.7 Å². The van der Waals surface area contributed by atoms with Crippen molar-refractivity contribution >= 4 is 11.8 Å². The minimum absolute atomic E-state index is 0.0133. The van der Waals surface area contributed by atoms with Crippen LogP contribution in [-0.2, 0) is 16.1 Å².